The monoisotopic (exact) mass is 640 g/mol. The highest BCUT2D eigenvalue weighted by molar-refractivity contribution is 6.02. The third-order valence-electron chi connectivity index (χ3n) is 12.4. The third-order valence-corrected chi connectivity index (χ3v) is 12.4. The van der Waals surface area contributed by atoms with Crippen molar-refractivity contribution < 1.29 is 0 Å². The van der Waals surface area contributed by atoms with Crippen LogP contribution in [0.25, 0.3) is 44.1 Å². The van der Waals surface area contributed by atoms with Gasteiger partial charge >= 0.3 is 0 Å². The molecular weight excluding hydrogens is 585 g/mol. The fourth-order valence-corrected chi connectivity index (χ4v) is 9.92. The van der Waals surface area contributed by atoms with Gasteiger partial charge in [0.1, 0.15) is 0 Å². The van der Waals surface area contributed by atoms with E-state index in [-0.39, 0.29) is 5.41 Å². The molecule has 0 atom stereocenters. The maximum absolute atomic E-state index is 5.76. The van der Waals surface area contributed by atoms with Crippen molar-refractivity contribution in [2.45, 2.75) is 144 Å². The Morgan fingerprint density at radius 1 is 0.625 bits per heavy atom. The molecule has 1 fully saturated rings. The molecule has 2 aliphatic heterocycles. The lowest BCUT2D eigenvalue weighted by Gasteiger charge is -2.31. The molecular formula is C44H56N4. The van der Waals surface area contributed by atoms with Crippen LogP contribution in [0, 0.1) is 0 Å². The van der Waals surface area contributed by atoms with Crippen molar-refractivity contribution >= 4 is 44.1 Å². The maximum atomic E-state index is 5.76. The predicted octanol–water partition coefficient (Wildman–Crippen LogP) is 12.2. The van der Waals surface area contributed by atoms with Crippen molar-refractivity contribution in [1.29, 1.82) is 0 Å². The highest BCUT2D eigenvalue weighted by Gasteiger charge is 2.42. The Bertz CT molecular complexity index is 2070. The molecule has 0 radical (unpaired) electrons. The first-order valence-electron chi connectivity index (χ1n) is 19.4. The summed E-state index contributed by atoms with van der Waals surface area (Å²) in [6.45, 7) is 18.6. The summed E-state index contributed by atoms with van der Waals surface area (Å²) in [7, 11) is 0. The van der Waals surface area contributed by atoms with Crippen molar-refractivity contribution in [2.24, 2.45) is 0 Å². The third kappa shape index (κ3) is 4.83. The Balaban J connectivity index is 1.74. The first-order valence-corrected chi connectivity index (χ1v) is 19.4. The Morgan fingerprint density at radius 3 is 1.69 bits per heavy atom. The van der Waals surface area contributed by atoms with Crippen LogP contribution in [0.2, 0.25) is 0 Å². The van der Waals surface area contributed by atoms with E-state index < -0.39 is 0 Å². The molecule has 48 heavy (non-hydrogen) atoms. The molecule has 3 aromatic heterocycles. The minimum atomic E-state index is -0.121. The largest absolute Gasteiger partial charge is 0.355 e. The molecule has 0 saturated heterocycles. The molecule has 4 nitrogen and oxygen atoms in total. The zero-order chi connectivity index (χ0) is 33.7. The van der Waals surface area contributed by atoms with Gasteiger partial charge in [-0.05, 0) is 133 Å². The zero-order valence-electron chi connectivity index (χ0n) is 30.8. The van der Waals surface area contributed by atoms with E-state index in [1.54, 1.807) is 5.56 Å². The van der Waals surface area contributed by atoms with Crippen LogP contribution in [-0.2, 0) is 31.1 Å². The lowest BCUT2D eigenvalue weighted by atomic mass is 9.70. The number of H-pyrrole nitrogens is 2. The van der Waals surface area contributed by atoms with Crippen LogP contribution in [-0.4, -0.2) is 19.9 Å². The molecule has 2 N–H and O–H groups in total. The number of nitrogens with one attached hydrogen (secondary N) is 2. The Hall–Kier alpha value is -3.66. The second kappa shape index (κ2) is 13.0. The van der Waals surface area contributed by atoms with Gasteiger partial charge < -0.3 is 9.97 Å². The molecule has 252 valence electrons. The van der Waals surface area contributed by atoms with Crippen molar-refractivity contribution in [1.82, 2.24) is 19.9 Å². The van der Waals surface area contributed by atoms with Gasteiger partial charge in [0.2, 0.25) is 0 Å². The van der Waals surface area contributed by atoms with Gasteiger partial charge in [-0.2, -0.15) is 0 Å². The smallest absolute Gasteiger partial charge is 0.0771 e. The van der Waals surface area contributed by atoms with Crippen LogP contribution in [0.3, 0.4) is 0 Å². The number of aryl methyl sites for hydroxylation is 4. The van der Waals surface area contributed by atoms with E-state index in [1.165, 1.54) is 103 Å². The minimum Gasteiger partial charge on any atom is -0.355 e. The van der Waals surface area contributed by atoms with Gasteiger partial charge in [0.25, 0.3) is 0 Å². The second-order valence-corrected chi connectivity index (χ2v) is 14.4. The quantitative estimate of drug-likeness (QED) is 0.191. The standard InChI is InChI=1S/C44H56N4/c1-9-27-28(10-2)37-24-38-31(13-5)32(14-6)42(47-38)34-22-21-33(26-19-17-18-20-26)41-43(34)48-40(44(41,15-7)16-8)25-39-30(12-4)29(11-3)36(46-39)23-35(27)45-37/h21-26,45-46H,9-20H2,1-8H3. The lowest BCUT2D eigenvalue weighted by Crippen LogP contribution is -2.25. The molecule has 4 heteroatoms. The number of benzene rings is 1. The van der Waals surface area contributed by atoms with Crippen molar-refractivity contribution in [2.75, 3.05) is 0 Å². The molecule has 1 aliphatic carbocycles. The fourth-order valence-electron chi connectivity index (χ4n) is 9.92. The summed E-state index contributed by atoms with van der Waals surface area (Å²) in [5.74, 6) is 0.619. The van der Waals surface area contributed by atoms with Gasteiger partial charge in [-0.1, -0.05) is 80.4 Å². The number of aromatic nitrogens is 4. The van der Waals surface area contributed by atoms with Gasteiger partial charge in [-0.3, -0.25) is 4.98 Å². The summed E-state index contributed by atoms with van der Waals surface area (Å²) in [5.41, 5.74) is 21.0. The molecule has 8 bridgehead atoms. The molecule has 4 aromatic rings. The summed E-state index contributed by atoms with van der Waals surface area (Å²) in [4.78, 5) is 19.2. The average Bonchev–Trinajstić information content (AvgIpc) is 3.93. The molecule has 5 heterocycles. The van der Waals surface area contributed by atoms with E-state index in [2.05, 4.69) is 95.7 Å². The van der Waals surface area contributed by atoms with Gasteiger partial charge in [-0.25, -0.2) is 4.98 Å². The summed E-state index contributed by atoms with van der Waals surface area (Å²) in [6.07, 6.45) is 13.2. The Labute approximate surface area is 287 Å². The number of hydrogen-bond acceptors (Lipinski definition) is 2. The van der Waals surface area contributed by atoms with Crippen molar-refractivity contribution in [3.05, 3.63) is 80.8 Å². The second-order valence-electron chi connectivity index (χ2n) is 14.4. The zero-order valence-corrected chi connectivity index (χ0v) is 30.8. The van der Waals surface area contributed by atoms with Crippen LogP contribution >= 0.6 is 0 Å². The molecule has 0 amide bonds. The van der Waals surface area contributed by atoms with E-state index >= 15 is 0 Å². The molecule has 1 aromatic carbocycles. The van der Waals surface area contributed by atoms with Crippen molar-refractivity contribution in [3.63, 3.8) is 0 Å². The van der Waals surface area contributed by atoms with E-state index in [0.29, 0.717) is 5.92 Å². The Morgan fingerprint density at radius 2 is 1.17 bits per heavy atom. The number of rotatable bonds is 9. The number of fused-ring (bicyclic) bond motifs is 8. The molecule has 0 unspecified atom stereocenters. The highest BCUT2D eigenvalue weighted by Crippen LogP contribution is 2.51. The van der Waals surface area contributed by atoms with Crippen LogP contribution in [0.5, 0.6) is 0 Å². The number of allylic oxidation sites excluding steroid dienone is 2. The number of aromatic amines is 2. The van der Waals surface area contributed by atoms with E-state index in [9.17, 15) is 0 Å². The van der Waals surface area contributed by atoms with Crippen LogP contribution < -0.4 is 0 Å². The summed E-state index contributed by atoms with van der Waals surface area (Å²) in [6, 6.07) is 12.1. The summed E-state index contributed by atoms with van der Waals surface area (Å²) in [5, 5.41) is 1.22. The topological polar surface area (TPSA) is 57.4 Å². The van der Waals surface area contributed by atoms with E-state index in [0.717, 1.165) is 62.8 Å². The average molecular weight is 641 g/mol. The van der Waals surface area contributed by atoms with Crippen LogP contribution in [0.4, 0.5) is 0 Å². The summed E-state index contributed by atoms with van der Waals surface area (Å²) < 4.78 is 0. The SMILES string of the molecule is CCC1=C(CC)c2nc1cc1[nH]c(cc3[nH]c(cc4nc5c(c(C6CCCC6)ccc25)C4(CC)CC)c(CC)c3CC)c(CC)c1CC. The number of nitrogens with zero attached hydrogens (tertiary/aromatic N) is 2. The molecule has 3 aliphatic rings. The summed E-state index contributed by atoms with van der Waals surface area (Å²) >= 11 is 0. The first-order chi connectivity index (χ1) is 23.4. The van der Waals surface area contributed by atoms with Crippen LogP contribution in [0.15, 0.2) is 30.3 Å². The van der Waals surface area contributed by atoms with Crippen molar-refractivity contribution in [3.8, 4) is 0 Å². The molecule has 0 spiro atoms. The number of hydrogen-bond donors (Lipinski definition) is 2. The Kier molecular flexibility index (Phi) is 8.89. The molecule has 1 saturated carbocycles. The molecule has 7 rings (SSSR count). The normalized spacial score (nSPS) is 16.2. The first kappa shape index (κ1) is 32.9. The lowest BCUT2D eigenvalue weighted by molar-refractivity contribution is 0.474. The van der Waals surface area contributed by atoms with E-state index in [1.807, 2.05) is 0 Å². The van der Waals surface area contributed by atoms with Crippen LogP contribution in [0.1, 0.15) is 163 Å². The van der Waals surface area contributed by atoms with Gasteiger partial charge in [0.05, 0.1) is 22.6 Å². The van der Waals surface area contributed by atoms with Gasteiger partial charge in [0, 0.05) is 32.9 Å². The minimum absolute atomic E-state index is 0.121. The maximum Gasteiger partial charge on any atom is 0.0771 e. The van der Waals surface area contributed by atoms with E-state index in [4.69, 9.17) is 9.97 Å². The predicted molar refractivity (Wildman–Crippen MR) is 206 cm³/mol. The highest BCUT2D eigenvalue weighted by atomic mass is 14.8. The van der Waals surface area contributed by atoms with Gasteiger partial charge in [0.15, 0.2) is 0 Å². The fraction of sp³-hybridized carbons (Fsp3) is 0.500. The van der Waals surface area contributed by atoms with Gasteiger partial charge in [-0.15, -0.1) is 0 Å².